The highest BCUT2D eigenvalue weighted by atomic mass is 32.2. The summed E-state index contributed by atoms with van der Waals surface area (Å²) in [7, 11) is 0. The standard InChI is InChI=1S/C11H18S/c1-12-7-11-5-8-2-9(6-11)4-10(11)3-8/h8-10H,2-7H2,1H3. The van der Waals surface area contributed by atoms with Gasteiger partial charge in [-0.05, 0) is 67.3 Å². The lowest BCUT2D eigenvalue weighted by Crippen LogP contribution is -2.25. The Morgan fingerprint density at radius 3 is 2.42 bits per heavy atom. The SMILES string of the molecule is CSCC12CC3CC(CC1C3)C2. The van der Waals surface area contributed by atoms with E-state index in [4.69, 9.17) is 0 Å². The first-order chi connectivity index (χ1) is 5.82. The van der Waals surface area contributed by atoms with Crippen molar-refractivity contribution >= 4 is 11.8 Å². The van der Waals surface area contributed by atoms with Gasteiger partial charge in [-0.1, -0.05) is 0 Å². The Kier molecular flexibility index (Phi) is 1.57. The summed E-state index contributed by atoms with van der Waals surface area (Å²) < 4.78 is 0. The van der Waals surface area contributed by atoms with Gasteiger partial charge in [-0.2, -0.15) is 11.8 Å². The second-order valence-electron chi connectivity index (χ2n) is 5.34. The second kappa shape index (κ2) is 2.43. The molecule has 0 spiro atoms. The van der Waals surface area contributed by atoms with Gasteiger partial charge in [0.05, 0.1) is 0 Å². The molecule has 4 bridgehead atoms. The van der Waals surface area contributed by atoms with E-state index < -0.39 is 0 Å². The van der Waals surface area contributed by atoms with Crippen LogP contribution in [0.4, 0.5) is 0 Å². The van der Waals surface area contributed by atoms with Crippen LogP contribution in [-0.4, -0.2) is 12.0 Å². The molecule has 0 aliphatic heterocycles. The fourth-order valence-electron chi connectivity index (χ4n) is 4.49. The molecule has 0 heterocycles. The van der Waals surface area contributed by atoms with E-state index in [-0.39, 0.29) is 0 Å². The zero-order valence-electron chi connectivity index (χ0n) is 7.88. The van der Waals surface area contributed by atoms with Crippen molar-refractivity contribution < 1.29 is 0 Å². The third-order valence-corrected chi connectivity index (χ3v) is 5.45. The lowest BCUT2D eigenvalue weighted by molar-refractivity contribution is 0.230. The predicted octanol–water partition coefficient (Wildman–Crippen LogP) is 3.18. The lowest BCUT2D eigenvalue weighted by Gasteiger charge is -2.32. The monoisotopic (exact) mass is 182 g/mol. The van der Waals surface area contributed by atoms with E-state index in [1.54, 1.807) is 32.1 Å². The Bertz CT molecular complexity index is 185. The summed E-state index contributed by atoms with van der Waals surface area (Å²) >= 11 is 2.09. The Morgan fingerprint density at radius 1 is 1.17 bits per heavy atom. The average Bonchev–Trinajstić information content (AvgIpc) is 2.36. The molecule has 4 saturated carbocycles. The highest BCUT2D eigenvalue weighted by Gasteiger charge is 2.56. The summed E-state index contributed by atoms with van der Waals surface area (Å²) in [5.74, 6) is 4.91. The third-order valence-electron chi connectivity index (χ3n) is 4.59. The van der Waals surface area contributed by atoms with Crippen LogP contribution in [0, 0.1) is 23.2 Å². The quantitative estimate of drug-likeness (QED) is 0.632. The van der Waals surface area contributed by atoms with Crippen LogP contribution < -0.4 is 0 Å². The molecule has 0 aromatic rings. The van der Waals surface area contributed by atoms with Crippen LogP contribution in [0.25, 0.3) is 0 Å². The molecule has 12 heavy (non-hydrogen) atoms. The van der Waals surface area contributed by atoms with Crippen LogP contribution in [-0.2, 0) is 0 Å². The first kappa shape index (κ1) is 7.73. The highest BCUT2D eigenvalue weighted by molar-refractivity contribution is 7.98. The molecule has 4 aliphatic rings. The van der Waals surface area contributed by atoms with Crippen molar-refractivity contribution in [2.24, 2.45) is 23.2 Å². The maximum atomic E-state index is 2.29. The molecule has 4 fully saturated rings. The van der Waals surface area contributed by atoms with Crippen molar-refractivity contribution in [3.8, 4) is 0 Å². The van der Waals surface area contributed by atoms with Crippen LogP contribution in [0.5, 0.6) is 0 Å². The fourth-order valence-corrected chi connectivity index (χ4v) is 5.53. The highest BCUT2D eigenvalue weighted by Crippen LogP contribution is 2.65. The van der Waals surface area contributed by atoms with Crippen molar-refractivity contribution in [3.05, 3.63) is 0 Å². The molecule has 2 atom stereocenters. The first-order valence-electron chi connectivity index (χ1n) is 5.31. The Hall–Kier alpha value is 0.350. The van der Waals surface area contributed by atoms with Gasteiger partial charge in [0.15, 0.2) is 0 Å². The van der Waals surface area contributed by atoms with E-state index in [1.807, 2.05) is 0 Å². The minimum Gasteiger partial charge on any atom is -0.165 e. The molecule has 0 aromatic heterocycles. The van der Waals surface area contributed by atoms with E-state index in [0.29, 0.717) is 0 Å². The van der Waals surface area contributed by atoms with Crippen molar-refractivity contribution in [2.45, 2.75) is 32.1 Å². The third kappa shape index (κ3) is 0.865. The van der Waals surface area contributed by atoms with Crippen molar-refractivity contribution in [1.29, 1.82) is 0 Å². The molecule has 0 saturated heterocycles. The Balaban J connectivity index is 1.88. The number of rotatable bonds is 2. The zero-order chi connectivity index (χ0) is 8.18. The first-order valence-corrected chi connectivity index (χ1v) is 6.71. The Labute approximate surface area is 79.5 Å². The van der Waals surface area contributed by atoms with Gasteiger partial charge in [-0.25, -0.2) is 0 Å². The van der Waals surface area contributed by atoms with Gasteiger partial charge in [0, 0.05) is 0 Å². The molecular formula is C11H18S. The topological polar surface area (TPSA) is 0 Å². The van der Waals surface area contributed by atoms with Gasteiger partial charge < -0.3 is 0 Å². The minimum atomic E-state index is 0.840. The van der Waals surface area contributed by atoms with Crippen molar-refractivity contribution in [2.75, 3.05) is 12.0 Å². The molecule has 1 heteroatoms. The van der Waals surface area contributed by atoms with Crippen LogP contribution in [0.15, 0.2) is 0 Å². The summed E-state index contributed by atoms with van der Waals surface area (Å²) in [6.07, 6.45) is 10.2. The largest absolute Gasteiger partial charge is 0.165 e. The minimum absolute atomic E-state index is 0.840. The molecule has 4 aliphatic carbocycles. The second-order valence-corrected chi connectivity index (χ2v) is 6.21. The smallest absolute Gasteiger partial charge is 0.00107 e. The number of hydrogen-bond donors (Lipinski definition) is 0. The summed E-state index contributed by atoms with van der Waals surface area (Å²) in [6, 6.07) is 0. The molecule has 4 rings (SSSR count). The molecule has 0 nitrogen and oxygen atoms in total. The van der Waals surface area contributed by atoms with Gasteiger partial charge in [0.1, 0.15) is 0 Å². The molecule has 68 valence electrons. The lowest BCUT2D eigenvalue weighted by atomic mass is 9.77. The molecule has 0 N–H and O–H groups in total. The van der Waals surface area contributed by atoms with Crippen LogP contribution in [0.3, 0.4) is 0 Å². The summed E-state index contributed by atoms with van der Waals surface area (Å²) in [5.41, 5.74) is 0.840. The van der Waals surface area contributed by atoms with Gasteiger partial charge in [-0.3, -0.25) is 0 Å². The predicted molar refractivity (Wildman–Crippen MR) is 54.4 cm³/mol. The molecule has 0 aromatic carbocycles. The van der Waals surface area contributed by atoms with Crippen LogP contribution in [0.1, 0.15) is 32.1 Å². The van der Waals surface area contributed by atoms with Crippen LogP contribution >= 0.6 is 11.8 Å². The average molecular weight is 182 g/mol. The van der Waals surface area contributed by atoms with E-state index in [9.17, 15) is 0 Å². The summed E-state index contributed by atoms with van der Waals surface area (Å²) in [6.45, 7) is 0. The van der Waals surface area contributed by atoms with Crippen LogP contribution in [0.2, 0.25) is 0 Å². The molecule has 2 unspecified atom stereocenters. The maximum Gasteiger partial charge on any atom is -0.00107 e. The summed E-state index contributed by atoms with van der Waals surface area (Å²) in [4.78, 5) is 0. The fraction of sp³-hybridized carbons (Fsp3) is 1.00. The molecule has 0 amide bonds. The van der Waals surface area contributed by atoms with E-state index in [0.717, 1.165) is 23.2 Å². The van der Waals surface area contributed by atoms with Gasteiger partial charge in [0.25, 0.3) is 0 Å². The molecular weight excluding hydrogens is 164 g/mol. The van der Waals surface area contributed by atoms with E-state index in [1.165, 1.54) is 5.75 Å². The number of thioether (sulfide) groups is 1. The van der Waals surface area contributed by atoms with E-state index >= 15 is 0 Å². The number of hydrogen-bond acceptors (Lipinski definition) is 1. The molecule has 0 radical (unpaired) electrons. The van der Waals surface area contributed by atoms with Crippen molar-refractivity contribution in [3.63, 3.8) is 0 Å². The maximum absolute atomic E-state index is 2.29. The Morgan fingerprint density at radius 2 is 1.83 bits per heavy atom. The zero-order valence-corrected chi connectivity index (χ0v) is 8.70. The van der Waals surface area contributed by atoms with Gasteiger partial charge in [-0.15, -0.1) is 0 Å². The van der Waals surface area contributed by atoms with Crippen molar-refractivity contribution in [1.82, 2.24) is 0 Å². The van der Waals surface area contributed by atoms with Gasteiger partial charge in [0.2, 0.25) is 0 Å². The van der Waals surface area contributed by atoms with Gasteiger partial charge >= 0.3 is 0 Å². The summed E-state index contributed by atoms with van der Waals surface area (Å²) in [5, 5.41) is 0. The van der Waals surface area contributed by atoms with E-state index in [2.05, 4.69) is 18.0 Å². The normalized spacial score (nSPS) is 55.2.